The molecule has 0 bridgehead atoms. The molecule has 0 aliphatic heterocycles. The van der Waals surface area contributed by atoms with Gasteiger partial charge in [-0.15, -0.1) is 0 Å². The highest BCUT2D eigenvalue weighted by molar-refractivity contribution is 5.82. The molecule has 0 heterocycles. The molecule has 2 nitrogen and oxygen atoms in total. The molecule has 1 atom stereocenters. The molecule has 0 fully saturated rings. The van der Waals surface area contributed by atoms with Crippen LogP contribution in [0.1, 0.15) is 30.9 Å². The Morgan fingerprint density at radius 3 is 2.00 bits per heavy atom. The van der Waals surface area contributed by atoms with E-state index in [1.54, 1.807) is 0 Å². The first-order chi connectivity index (χ1) is 10.6. The van der Waals surface area contributed by atoms with Gasteiger partial charge in [-0.1, -0.05) is 67.6 Å². The molecule has 0 spiro atoms. The quantitative estimate of drug-likeness (QED) is 0.768. The summed E-state index contributed by atoms with van der Waals surface area (Å²) < 4.78 is 0. The van der Waals surface area contributed by atoms with Crippen molar-refractivity contribution < 1.29 is 4.79 Å². The zero-order valence-electron chi connectivity index (χ0n) is 13.8. The predicted octanol–water partition coefficient (Wildman–Crippen LogP) is 4.06. The monoisotopic (exact) mass is 295 g/mol. The van der Waals surface area contributed by atoms with Crippen LogP contribution in [-0.2, 0) is 16.8 Å². The number of hydrogen-bond donors (Lipinski definition) is 0. The summed E-state index contributed by atoms with van der Waals surface area (Å²) >= 11 is 0. The molecular formula is C20H25NO. The van der Waals surface area contributed by atoms with Gasteiger partial charge in [-0.3, -0.25) is 9.69 Å². The molecule has 0 saturated heterocycles. The number of carbonyl (C=O) groups is 1. The van der Waals surface area contributed by atoms with E-state index in [0.717, 1.165) is 12.0 Å². The van der Waals surface area contributed by atoms with Crippen molar-refractivity contribution in [1.82, 2.24) is 4.90 Å². The molecule has 22 heavy (non-hydrogen) atoms. The zero-order valence-corrected chi connectivity index (χ0v) is 13.8. The summed E-state index contributed by atoms with van der Waals surface area (Å²) in [5.74, 6) is 0.283. The minimum absolute atomic E-state index is 0.229. The summed E-state index contributed by atoms with van der Waals surface area (Å²) in [4.78, 5) is 14.8. The Morgan fingerprint density at radius 1 is 0.955 bits per heavy atom. The molecule has 0 saturated carbocycles. The SMILES string of the molecule is CCC(CC(=O)Cc1ccccc1)(c1ccccc1)N(C)C. The molecule has 1 unspecified atom stereocenters. The lowest BCUT2D eigenvalue weighted by molar-refractivity contribution is -0.121. The lowest BCUT2D eigenvalue weighted by Gasteiger charge is -2.39. The summed E-state index contributed by atoms with van der Waals surface area (Å²) in [5, 5.41) is 0. The Kier molecular flexibility index (Phi) is 5.51. The van der Waals surface area contributed by atoms with E-state index in [1.165, 1.54) is 5.56 Å². The summed E-state index contributed by atoms with van der Waals surface area (Å²) in [7, 11) is 4.12. The number of benzene rings is 2. The standard InChI is InChI=1S/C20H25NO/c1-4-20(21(2)3,18-13-9-6-10-14-18)16-19(22)15-17-11-7-5-8-12-17/h5-14H,4,15-16H2,1-3H3. The first-order valence-corrected chi connectivity index (χ1v) is 7.87. The minimum Gasteiger partial charge on any atom is -0.299 e. The van der Waals surface area contributed by atoms with Crippen LogP contribution in [0.4, 0.5) is 0 Å². The van der Waals surface area contributed by atoms with Gasteiger partial charge in [-0.25, -0.2) is 0 Å². The molecule has 0 aliphatic rings. The summed E-state index contributed by atoms with van der Waals surface area (Å²) in [6.45, 7) is 2.16. The molecule has 116 valence electrons. The molecule has 2 rings (SSSR count). The van der Waals surface area contributed by atoms with Crippen molar-refractivity contribution in [3.63, 3.8) is 0 Å². The van der Waals surface area contributed by atoms with Crippen molar-refractivity contribution in [2.24, 2.45) is 0 Å². The van der Waals surface area contributed by atoms with Crippen molar-refractivity contribution in [3.8, 4) is 0 Å². The third-order valence-corrected chi connectivity index (χ3v) is 4.49. The smallest absolute Gasteiger partial charge is 0.139 e. The van der Waals surface area contributed by atoms with Gasteiger partial charge >= 0.3 is 0 Å². The molecule has 0 aliphatic carbocycles. The first kappa shape index (κ1) is 16.4. The van der Waals surface area contributed by atoms with E-state index in [9.17, 15) is 4.79 Å². The van der Waals surface area contributed by atoms with E-state index in [4.69, 9.17) is 0 Å². The van der Waals surface area contributed by atoms with E-state index < -0.39 is 0 Å². The van der Waals surface area contributed by atoms with Crippen LogP contribution in [-0.4, -0.2) is 24.8 Å². The first-order valence-electron chi connectivity index (χ1n) is 7.87. The highest BCUT2D eigenvalue weighted by Crippen LogP contribution is 2.34. The number of hydrogen-bond acceptors (Lipinski definition) is 2. The highest BCUT2D eigenvalue weighted by atomic mass is 16.1. The van der Waals surface area contributed by atoms with E-state index in [-0.39, 0.29) is 11.3 Å². The fraction of sp³-hybridized carbons (Fsp3) is 0.350. The van der Waals surface area contributed by atoms with E-state index in [0.29, 0.717) is 12.8 Å². The van der Waals surface area contributed by atoms with Gasteiger partial charge in [0, 0.05) is 12.8 Å². The van der Waals surface area contributed by atoms with Crippen molar-refractivity contribution in [2.75, 3.05) is 14.1 Å². The molecule has 0 radical (unpaired) electrons. The van der Waals surface area contributed by atoms with Crippen LogP contribution in [0.15, 0.2) is 60.7 Å². The van der Waals surface area contributed by atoms with E-state index >= 15 is 0 Å². The molecule has 2 aromatic carbocycles. The van der Waals surface area contributed by atoms with Gasteiger partial charge in [-0.05, 0) is 31.6 Å². The third-order valence-electron chi connectivity index (χ3n) is 4.49. The average Bonchev–Trinajstić information content (AvgIpc) is 2.54. The summed E-state index contributed by atoms with van der Waals surface area (Å²) in [5.41, 5.74) is 2.07. The summed E-state index contributed by atoms with van der Waals surface area (Å²) in [6.07, 6.45) is 1.95. The third kappa shape index (κ3) is 3.63. The molecule has 2 aromatic rings. The van der Waals surface area contributed by atoms with Crippen LogP contribution in [0.25, 0.3) is 0 Å². The maximum absolute atomic E-state index is 12.6. The molecule has 0 N–H and O–H groups in total. The maximum atomic E-state index is 12.6. The fourth-order valence-electron chi connectivity index (χ4n) is 3.12. The second kappa shape index (κ2) is 7.37. The van der Waals surface area contributed by atoms with Gasteiger partial charge < -0.3 is 0 Å². The Morgan fingerprint density at radius 2 is 1.50 bits per heavy atom. The van der Waals surface area contributed by atoms with E-state index in [1.807, 2.05) is 48.5 Å². The molecule has 2 heteroatoms. The van der Waals surface area contributed by atoms with Crippen LogP contribution < -0.4 is 0 Å². The van der Waals surface area contributed by atoms with Crippen molar-refractivity contribution in [1.29, 1.82) is 0 Å². The van der Waals surface area contributed by atoms with Gasteiger partial charge in [0.05, 0.1) is 5.54 Å². The van der Waals surface area contributed by atoms with Crippen molar-refractivity contribution in [3.05, 3.63) is 71.8 Å². The van der Waals surface area contributed by atoms with Gasteiger partial charge in [0.25, 0.3) is 0 Å². The van der Waals surface area contributed by atoms with Gasteiger partial charge in [0.2, 0.25) is 0 Å². The average molecular weight is 295 g/mol. The lowest BCUT2D eigenvalue weighted by Crippen LogP contribution is -2.43. The van der Waals surface area contributed by atoms with Crippen LogP contribution in [0.2, 0.25) is 0 Å². The largest absolute Gasteiger partial charge is 0.299 e. The molecule has 0 amide bonds. The van der Waals surface area contributed by atoms with Crippen LogP contribution in [0, 0.1) is 0 Å². The Balaban J connectivity index is 2.22. The van der Waals surface area contributed by atoms with Gasteiger partial charge in [0.1, 0.15) is 5.78 Å². The number of carbonyl (C=O) groups excluding carboxylic acids is 1. The highest BCUT2D eigenvalue weighted by Gasteiger charge is 2.34. The Hall–Kier alpha value is -1.93. The molecule has 0 aromatic heterocycles. The molecular weight excluding hydrogens is 270 g/mol. The number of ketones is 1. The Labute approximate surface area is 133 Å². The number of nitrogens with zero attached hydrogens (tertiary/aromatic N) is 1. The van der Waals surface area contributed by atoms with Crippen LogP contribution in [0.5, 0.6) is 0 Å². The second-order valence-electron chi connectivity index (χ2n) is 6.02. The number of rotatable bonds is 7. The maximum Gasteiger partial charge on any atom is 0.139 e. The minimum atomic E-state index is -0.229. The summed E-state index contributed by atoms with van der Waals surface area (Å²) in [6, 6.07) is 20.3. The lowest BCUT2D eigenvalue weighted by atomic mass is 9.80. The van der Waals surface area contributed by atoms with E-state index in [2.05, 4.69) is 38.1 Å². The topological polar surface area (TPSA) is 20.3 Å². The zero-order chi connectivity index (χ0) is 16.0. The van der Waals surface area contributed by atoms with Crippen LogP contribution in [0.3, 0.4) is 0 Å². The normalized spacial score (nSPS) is 13.8. The van der Waals surface area contributed by atoms with Gasteiger partial charge in [0.15, 0.2) is 0 Å². The predicted molar refractivity (Wildman–Crippen MR) is 91.9 cm³/mol. The van der Waals surface area contributed by atoms with Crippen molar-refractivity contribution in [2.45, 2.75) is 31.7 Å². The Bertz CT molecular complexity index is 592. The van der Waals surface area contributed by atoms with Crippen LogP contribution >= 0.6 is 0 Å². The van der Waals surface area contributed by atoms with Gasteiger partial charge in [-0.2, -0.15) is 0 Å². The number of Topliss-reactive ketones (excluding diaryl/α,β-unsaturated/α-hetero) is 1. The fourth-order valence-corrected chi connectivity index (χ4v) is 3.12. The van der Waals surface area contributed by atoms with Crippen molar-refractivity contribution >= 4 is 5.78 Å². The second-order valence-corrected chi connectivity index (χ2v) is 6.02.